The van der Waals surface area contributed by atoms with Crippen LogP contribution in [0.25, 0.3) is 5.69 Å². The molecule has 0 aliphatic rings. The lowest BCUT2D eigenvalue weighted by molar-refractivity contribution is 0.101. The number of hydrogen-bond donors (Lipinski definition) is 0. The lowest BCUT2D eigenvalue weighted by Crippen LogP contribution is -2.08. The quantitative estimate of drug-likeness (QED) is 0.785. The summed E-state index contributed by atoms with van der Waals surface area (Å²) >= 11 is 3.45. The van der Waals surface area contributed by atoms with Crippen LogP contribution in [0.5, 0.6) is 0 Å². The smallest absolute Gasteiger partial charge is 0.162 e. The van der Waals surface area contributed by atoms with Crippen molar-refractivity contribution in [3.8, 4) is 5.69 Å². The number of carbonyl (C=O) groups excluding carboxylic acids is 1. The highest BCUT2D eigenvalue weighted by atomic mass is 79.9. The molecule has 1 aromatic heterocycles. The molecule has 1 aromatic carbocycles. The summed E-state index contributed by atoms with van der Waals surface area (Å²) in [6.07, 6.45) is 0. The normalized spacial score (nSPS) is 10.8. The van der Waals surface area contributed by atoms with Crippen LogP contribution in [0.2, 0.25) is 0 Å². The zero-order valence-electron chi connectivity index (χ0n) is 11.2. The number of halogens is 2. The van der Waals surface area contributed by atoms with Crippen molar-refractivity contribution in [2.75, 3.05) is 0 Å². The minimum absolute atomic E-state index is 0.183. The molecule has 0 aliphatic carbocycles. The molecule has 0 bridgehead atoms. The zero-order valence-corrected chi connectivity index (χ0v) is 12.8. The minimum Gasteiger partial charge on any atom is -0.294 e. The molecule has 0 atom stereocenters. The fourth-order valence-electron chi connectivity index (χ4n) is 1.98. The molecule has 0 radical (unpaired) electrons. The molecule has 0 spiro atoms. The molecule has 0 N–H and O–H groups in total. The Morgan fingerprint density at radius 3 is 2.42 bits per heavy atom. The van der Waals surface area contributed by atoms with Crippen LogP contribution in [-0.2, 0) is 0 Å². The van der Waals surface area contributed by atoms with E-state index in [1.165, 1.54) is 13.0 Å². The maximum atomic E-state index is 13.6. The number of ketones is 1. The van der Waals surface area contributed by atoms with Crippen molar-refractivity contribution in [2.24, 2.45) is 0 Å². The summed E-state index contributed by atoms with van der Waals surface area (Å²) in [7, 11) is 0. The highest BCUT2D eigenvalue weighted by Crippen LogP contribution is 2.26. The lowest BCUT2D eigenvalue weighted by Gasteiger charge is -2.11. The molecule has 1 heterocycles. The van der Waals surface area contributed by atoms with E-state index in [2.05, 4.69) is 21.0 Å². The maximum Gasteiger partial charge on any atom is 0.162 e. The first-order chi connectivity index (χ1) is 8.82. The monoisotopic (exact) mass is 324 g/mol. The van der Waals surface area contributed by atoms with Crippen molar-refractivity contribution in [1.82, 2.24) is 9.78 Å². The summed E-state index contributed by atoms with van der Waals surface area (Å²) in [4.78, 5) is 11.7. The lowest BCUT2D eigenvalue weighted by atomic mass is 10.1. The molecule has 0 fully saturated rings. The van der Waals surface area contributed by atoms with Crippen LogP contribution in [-0.4, -0.2) is 15.6 Å². The average molecular weight is 325 g/mol. The second kappa shape index (κ2) is 4.89. The van der Waals surface area contributed by atoms with Crippen molar-refractivity contribution in [2.45, 2.75) is 27.7 Å². The van der Waals surface area contributed by atoms with Gasteiger partial charge in [0.05, 0.1) is 21.5 Å². The molecule has 5 heteroatoms. The molecule has 0 unspecified atom stereocenters. The van der Waals surface area contributed by atoms with Crippen LogP contribution in [0, 0.1) is 26.6 Å². The molecular formula is C14H14BrFN2O. The molecule has 100 valence electrons. The van der Waals surface area contributed by atoms with E-state index in [9.17, 15) is 9.18 Å². The Labute approximate surface area is 119 Å². The van der Waals surface area contributed by atoms with Gasteiger partial charge in [0.2, 0.25) is 0 Å². The molecule has 0 saturated heterocycles. The number of rotatable bonds is 2. The van der Waals surface area contributed by atoms with E-state index in [0.29, 0.717) is 16.8 Å². The van der Waals surface area contributed by atoms with Crippen molar-refractivity contribution in [3.05, 3.63) is 44.9 Å². The highest BCUT2D eigenvalue weighted by molar-refractivity contribution is 9.10. The summed E-state index contributed by atoms with van der Waals surface area (Å²) in [6, 6.07) is 2.93. The van der Waals surface area contributed by atoms with Crippen LogP contribution in [0.1, 0.15) is 34.2 Å². The number of benzene rings is 1. The Morgan fingerprint density at radius 1 is 1.32 bits per heavy atom. The predicted molar refractivity (Wildman–Crippen MR) is 75.4 cm³/mol. The third kappa shape index (κ3) is 2.34. The van der Waals surface area contributed by atoms with Gasteiger partial charge in [-0.1, -0.05) is 0 Å². The van der Waals surface area contributed by atoms with Crippen LogP contribution in [0.15, 0.2) is 16.6 Å². The van der Waals surface area contributed by atoms with Gasteiger partial charge in [0, 0.05) is 5.56 Å². The predicted octanol–water partition coefficient (Wildman–Crippen LogP) is 3.90. The molecule has 0 saturated carbocycles. The van der Waals surface area contributed by atoms with Gasteiger partial charge in [-0.05, 0) is 61.3 Å². The fourth-order valence-corrected chi connectivity index (χ4v) is 2.23. The van der Waals surface area contributed by atoms with E-state index in [1.54, 1.807) is 17.7 Å². The summed E-state index contributed by atoms with van der Waals surface area (Å²) in [6.45, 7) is 6.86. The van der Waals surface area contributed by atoms with Crippen molar-refractivity contribution >= 4 is 21.7 Å². The van der Waals surface area contributed by atoms with Gasteiger partial charge in [-0.3, -0.25) is 4.79 Å². The van der Waals surface area contributed by atoms with Gasteiger partial charge >= 0.3 is 0 Å². The number of aromatic nitrogens is 2. The topological polar surface area (TPSA) is 34.9 Å². The summed E-state index contributed by atoms with van der Waals surface area (Å²) in [5.74, 6) is -0.563. The van der Waals surface area contributed by atoms with E-state index in [0.717, 1.165) is 15.9 Å². The second-order valence-corrected chi connectivity index (χ2v) is 5.36. The number of Topliss-reactive ketones (excluding diaryl/α,β-unsaturated/α-hetero) is 1. The van der Waals surface area contributed by atoms with Crippen molar-refractivity contribution in [1.29, 1.82) is 0 Å². The summed E-state index contributed by atoms with van der Waals surface area (Å²) in [5.41, 5.74) is 3.14. The molecule has 2 aromatic rings. The van der Waals surface area contributed by atoms with Gasteiger partial charge in [-0.25, -0.2) is 9.07 Å². The standard InChI is InChI=1S/C14H14BrFN2O/c1-7-5-13(11(10(4)19)6-12(7)16)18-9(3)14(15)8(2)17-18/h5-6H,1-4H3. The molecule has 19 heavy (non-hydrogen) atoms. The molecule has 0 amide bonds. The van der Waals surface area contributed by atoms with Crippen LogP contribution < -0.4 is 0 Å². The Morgan fingerprint density at radius 2 is 1.95 bits per heavy atom. The van der Waals surface area contributed by atoms with E-state index in [4.69, 9.17) is 0 Å². The van der Waals surface area contributed by atoms with E-state index < -0.39 is 0 Å². The second-order valence-electron chi connectivity index (χ2n) is 4.57. The Bertz CT molecular complexity index is 677. The Balaban J connectivity index is 2.77. The highest BCUT2D eigenvalue weighted by Gasteiger charge is 2.17. The summed E-state index contributed by atoms with van der Waals surface area (Å²) in [5, 5.41) is 4.39. The van der Waals surface area contributed by atoms with Crippen LogP contribution in [0.4, 0.5) is 4.39 Å². The fraction of sp³-hybridized carbons (Fsp3) is 0.286. The van der Waals surface area contributed by atoms with E-state index >= 15 is 0 Å². The van der Waals surface area contributed by atoms with Gasteiger partial charge in [-0.2, -0.15) is 5.10 Å². The Kier molecular flexibility index (Phi) is 3.58. The van der Waals surface area contributed by atoms with Gasteiger partial charge in [0.15, 0.2) is 5.78 Å². The number of carbonyl (C=O) groups is 1. The minimum atomic E-state index is -0.380. The first-order valence-corrected chi connectivity index (χ1v) is 6.65. The van der Waals surface area contributed by atoms with Gasteiger partial charge in [0.1, 0.15) is 5.82 Å². The summed E-state index contributed by atoms with van der Waals surface area (Å²) < 4.78 is 16.2. The van der Waals surface area contributed by atoms with E-state index in [-0.39, 0.29) is 11.6 Å². The molecule has 2 rings (SSSR count). The first-order valence-electron chi connectivity index (χ1n) is 5.86. The van der Waals surface area contributed by atoms with E-state index in [1.807, 2.05) is 13.8 Å². The first kappa shape index (κ1) is 13.9. The van der Waals surface area contributed by atoms with Gasteiger partial charge in [0.25, 0.3) is 0 Å². The molecular weight excluding hydrogens is 311 g/mol. The zero-order chi connectivity index (χ0) is 14.3. The maximum absolute atomic E-state index is 13.6. The van der Waals surface area contributed by atoms with Crippen molar-refractivity contribution < 1.29 is 9.18 Å². The third-order valence-corrected chi connectivity index (χ3v) is 4.24. The SMILES string of the molecule is CC(=O)c1cc(F)c(C)cc1-n1nc(C)c(Br)c1C. The molecule has 3 nitrogen and oxygen atoms in total. The van der Waals surface area contributed by atoms with Crippen LogP contribution in [0.3, 0.4) is 0 Å². The number of hydrogen-bond acceptors (Lipinski definition) is 2. The number of nitrogens with zero attached hydrogens (tertiary/aromatic N) is 2. The van der Waals surface area contributed by atoms with Crippen LogP contribution >= 0.6 is 15.9 Å². The third-order valence-electron chi connectivity index (χ3n) is 3.09. The average Bonchev–Trinajstić information content (AvgIpc) is 2.59. The van der Waals surface area contributed by atoms with Gasteiger partial charge in [-0.15, -0.1) is 0 Å². The molecule has 0 aliphatic heterocycles. The van der Waals surface area contributed by atoms with Gasteiger partial charge < -0.3 is 0 Å². The largest absolute Gasteiger partial charge is 0.294 e. The Hall–Kier alpha value is -1.49. The number of aryl methyl sites for hydroxylation is 2. The van der Waals surface area contributed by atoms with Crippen molar-refractivity contribution in [3.63, 3.8) is 0 Å².